The van der Waals surface area contributed by atoms with Crippen LogP contribution in [0.25, 0.3) is 0 Å². The molecule has 1 aliphatic carbocycles. The number of carbonyl (C=O) groups excluding carboxylic acids is 2. The number of nitrogens with zero attached hydrogens (tertiary/aromatic N) is 2. The number of amides is 2. The monoisotopic (exact) mass is 539 g/mol. The van der Waals surface area contributed by atoms with E-state index in [0.717, 1.165) is 30.9 Å². The number of ether oxygens (including phenoxy) is 1. The molecule has 3 heterocycles. The number of piperidine rings is 1. The van der Waals surface area contributed by atoms with Crippen LogP contribution < -0.4 is 15.5 Å². The average Bonchev–Trinajstić information content (AvgIpc) is 3.52. The molecule has 6 rings (SSSR count). The summed E-state index contributed by atoms with van der Waals surface area (Å²) in [5.41, 5.74) is -0.0439. The first-order valence-electron chi connectivity index (χ1n) is 12.5. The molecule has 2 amide bonds. The SMILES string of the molecule is O=C(NCc1cc(Cl)c(F)cc1F)c1cn2c(c(OCc3ccccc3)c1=O)C(=O)N1[C@H]3CC[C@H](C3)[C@@H]1C2. The van der Waals surface area contributed by atoms with Crippen molar-refractivity contribution >= 4 is 23.4 Å². The maximum absolute atomic E-state index is 14.2. The predicted molar refractivity (Wildman–Crippen MR) is 135 cm³/mol. The molecule has 1 saturated heterocycles. The molecule has 2 bridgehead atoms. The van der Waals surface area contributed by atoms with Gasteiger partial charge in [0.25, 0.3) is 11.8 Å². The van der Waals surface area contributed by atoms with Crippen LogP contribution in [0.3, 0.4) is 0 Å². The Balaban J connectivity index is 1.35. The van der Waals surface area contributed by atoms with E-state index >= 15 is 0 Å². The minimum atomic E-state index is -0.910. The van der Waals surface area contributed by atoms with E-state index in [1.165, 1.54) is 6.20 Å². The van der Waals surface area contributed by atoms with Crippen molar-refractivity contribution in [1.29, 1.82) is 0 Å². The Kier molecular flexibility index (Phi) is 6.18. The van der Waals surface area contributed by atoms with Gasteiger partial charge < -0.3 is 19.5 Å². The summed E-state index contributed by atoms with van der Waals surface area (Å²) in [4.78, 5) is 42.3. The molecule has 0 radical (unpaired) electrons. The molecule has 2 aromatic carbocycles. The summed E-state index contributed by atoms with van der Waals surface area (Å²) >= 11 is 5.75. The van der Waals surface area contributed by atoms with Crippen LogP contribution in [-0.2, 0) is 19.7 Å². The second kappa shape index (κ2) is 9.54. The van der Waals surface area contributed by atoms with E-state index < -0.39 is 23.0 Å². The van der Waals surface area contributed by atoms with Crippen molar-refractivity contribution in [3.63, 3.8) is 0 Å². The molecule has 0 unspecified atom stereocenters. The van der Waals surface area contributed by atoms with Crippen molar-refractivity contribution in [3.05, 3.63) is 97.9 Å². The molecular weight excluding hydrogens is 516 g/mol. The van der Waals surface area contributed by atoms with Crippen LogP contribution in [-0.4, -0.2) is 33.4 Å². The lowest BCUT2D eigenvalue weighted by atomic mass is 9.95. The quantitative estimate of drug-likeness (QED) is 0.474. The number of carbonyl (C=O) groups is 2. The number of halogens is 3. The van der Waals surface area contributed by atoms with Crippen molar-refractivity contribution in [3.8, 4) is 5.75 Å². The normalized spacial score (nSPS) is 21.3. The molecule has 2 aliphatic heterocycles. The second-order valence-corrected chi connectivity index (χ2v) is 10.4. The van der Waals surface area contributed by atoms with Crippen LogP contribution in [0, 0.1) is 17.6 Å². The van der Waals surface area contributed by atoms with Gasteiger partial charge in [0, 0.05) is 37.0 Å². The maximum atomic E-state index is 14.2. The summed E-state index contributed by atoms with van der Waals surface area (Å²) in [6.45, 7) is 0.175. The molecule has 2 fully saturated rings. The molecule has 3 aromatic rings. The van der Waals surface area contributed by atoms with Gasteiger partial charge in [-0.15, -0.1) is 0 Å². The second-order valence-electron chi connectivity index (χ2n) is 10.0. The molecule has 10 heteroatoms. The molecular formula is C28H24ClF2N3O4. The third-order valence-electron chi connectivity index (χ3n) is 7.80. The largest absolute Gasteiger partial charge is 0.483 e. The van der Waals surface area contributed by atoms with Gasteiger partial charge in [0.15, 0.2) is 11.4 Å². The zero-order valence-corrected chi connectivity index (χ0v) is 21.0. The fraction of sp³-hybridized carbons (Fsp3) is 0.321. The molecule has 3 aliphatic rings. The molecule has 196 valence electrons. The first-order valence-corrected chi connectivity index (χ1v) is 12.9. The summed E-state index contributed by atoms with van der Waals surface area (Å²) < 4.78 is 35.3. The zero-order chi connectivity index (χ0) is 26.6. The van der Waals surface area contributed by atoms with Crippen molar-refractivity contribution in [1.82, 2.24) is 14.8 Å². The van der Waals surface area contributed by atoms with Crippen LogP contribution in [0.2, 0.25) is 5.02 Å². The Bertz CT molecular complexity index is 1510. The van der Waals surface area contributed by atoms with Gasteiger partial charge in [-0.05, 0) is 36.8 Å². The average molecular weight is 540 g/mol. The smallest absolute Gasteiger partial charge is 0.275 e. The first kappa shape index (κ1) is 24.6. The Hall–Kier alpha value is -3.72. The van der Waals surface area contributed by atoms with Gasteiger partial charge in [-0.3, -0.25) is 14.4 Å². The van der Waals surface area contributed by atoms with Crippen LogP contribution >= 0.6 is 11.6 Å². The number of nitrogens with one attached hydrogen (secondary N) is 1. The third kappa shape index (κ3) is 4.15. The summed E-state index contributed by atoms with van der Waals surface area (Å²) in [5, 5.41) is 2.23. The molecule has 0 spiro atoms. The number of rotatable bonds is 6. The Morgan fingerprint density at radius 3 is 2.68 bits per heavy atom. The van der Waals surface area contributed by atoms with Crippen molar-refractivity contribution < 1.29 is 23.1 Å². The highest BCUT2D eigenvalue weighted by atomic mass is 35.5. The summed E-state index contributed by atoms with van der Waals surface area (Å²) in [5.74, 6) is -2.60. The highest BCUT2D eigenvalue weighted by Crippen LogP contribution is 2.46. The molecule has 3 atom stereocenters. The van der Waals surface area contributed by atoms with Crippen molar-refractivity contribution in [2.75, 3.05) is 0 Å². The topological polar surface area (TPSA) is 80.6 Å². The van der Waals surface area contributed by atoms with Gasteiger partial charge in [-0.1, -0.05) is 41.9 Å². The Morgan fingerprint density at radius 1 is 1.11 bits per heavy atom. The van der Waals surface area contributed by atoms with E-state index in [4.69, 9.17) is 16.3 Å². The Morgan fingerprint density at radius 2 is 1.89 bits per heavy atom. The van der Waals surface area contributed by atoms with Crippen LogP contribution in [0.5, 0.6) is 5.75 Å². The minimum absolute atomic E-state index is 0.00425. The fourth-order valence-electron chi connectivity index (χ4n) is 5.97. The molecule has 1 saturated carbocycles. The molecule has 38 heavy (non-hydrogen) atoms. The molecule has 1 N–H and O–H groups in total. The lowest BCUT2D eigenvalue weighted by molar-refractivity contribution is 0.0479. The summed E-state index contributed by atoms with van der Waals surface area (Å²) in [6, 6.07) is 11.1. The third-order valence-corrected chi connectivity index (χ3v) is 8.09. The highest BCUT2D eigenvalue weighted by Gasteiger charge is 2.51. The van der Waals surface area contributed by atoms with Crippen molar-refractivity contribution in [2.24, 2.45) is 5.92 Å². The van der Waals surface area contributed by atoms with Crippen LogP contribution in [0.4, 0.5) is 8.78 Å². The van der Waals surface area contributed by atoms with Gasteiger partial charge in [-0.2, -0.15) is 0 Å². The number of hydrogen-bond acceptors (Lipinski definition) is 4. The Labute approximate surface area is 222 Å². The van der Waals surface area contributed by atoms with E-state index in [9.17, 15) is 23.2 Å². The number of benzene rings is 2. The minimum Gasteiger partial charge on any atom is -0.483 e. The predicted octanol–water partition coefficient (Wildman–Crippen LogP) is 4.30. The van der Waals surface area contributed by atoms with Gasteiger partial charge in [-0.25, -0.2) is 8.78 Å². The van der Waals surface area contributed by atoms with Crippen molar-refractivity contribution in [2.45, 2.75) is 51.0 Å². The fourth-order valence-corrected chi connectivity index (χ4v) is 6.15. The number of fused-ring (bicyclic) bond motifs is 6. The number of hydrogen-bond donors (Lipinski definition) is 1. The maximum Gasteiger partial charge on any atom is 0.275 e. The van der Waals surface area contributed by atoms with E-state index in [1.807, 2.05) is 35.2 Å². The van der Waals surface area contributed by atoms with Gasteiger partial charge >= 0.3 is 0 Å². The standard InChI is InChI=1S/C28H24ClF2N3O4/c29-20-9-17(21(30)10-22(20)31)11-32-27(36)19-12-33-13-23-16-6-7-18(8-16)34(23)28(37)24(33)26(25(19)35)38-14-15-4-2-1-3-5-15/h1-5,9-10,12,16,18,23H,6-8,11,13-14H2,(H,32,36)/t16-,18+,23+/m1/s1. The zero-order valence-electron chi connectivity index (χ0n) is 20.3. The van der Waals surface area contributed by atoms with E-state index in [-0.39, 0.29) is 58.7 Å². The van der Waals surface area contributed by atoms with Crippen LogP contribution in [0.15, 0.2) is 53.5 Å². The van der Waals surface area contributed by atoms with E-state index in [2.05, 4.69) is 5.32 Å². The molecule has 7 nitrogen and oxygen atoms in total. The summed E-state index contributed by atoms with van der Waals surface area (Å²) in [6.07, 6.45) is 4.32. The molecule has 1 aromatic heterocycles. The van der Waals surface area contributed by atoms with E-state index in [0.29, 0.717) is 18.5 Å². The lowest BCUT2D eigenvalue weighted by Gasteiger charge is -2.40. The van der Waals surface area contributed by atoms with Gasteiger partial charge in [0.2, 0.25) is 5.43 Å². The first-order chi connectivity index (χ1) is 18.3. The number of pyridine rings is 1. The lowest BCUT2D eigenvalue weighted by Crippen LogP contribution is -2.52. The van der Waals surface area contributed by atoms with E-state index in [1.54, 1.807) is 4.57 Å². The van der Waals surface area contributed by atoms with Crippen LogP contribution in [0.1, 0.15) is 51.2 Å². The number of aromatic nitrogens is 1. The van der Waals surface area contributed by atoms with Gasteiger partial charge in [0.1, 0.15) is 23.8 Å². The van der Waals surface area contributed by atoms with Gasteiger partial charge in [0.05, 0.1) is 11.1 Å². The highest BCUT2D eigenvalue weighted by molar-refractivity contribution is 6.30. The summed E-state index contributed by atoms with van der Waals surface area (Å²) in [7, 11) is 0.